The van der Waals surface area contributed by atoms with Crippen molar-refractivity contribution in [3.63, 3.8) is 0 Å². The van der Waals surface area contributed by atoms with Crippen molar-refractivity contribution in [1.29, 1.82) is 0 Å². The maximum Gasteiger partial charge on any atom is 0.305 e. The zero-order valence-electron chi connectivity index (χ0n) is 25.8. The van der Waals surface area contributed by atoms with E-state index >= 15 is 0 Å². The zero-order chi connectivity index (χ0) is 31.5. The molecule has 0 spiro atoms. The fourth-order valence-electron chi connectivity index (χ4n) is 5.23. The number of para-hydroxylation sites is 1. The molecule has 0 fully saturated rings. The molecule has 9 heteroatoms. The van der Waals surface area contributed by atoms with Gasteiger partial charge in [0.2, 0.25) is 0 Å². The van der Waals surface area contributed by atoms with Crippen LogP contribution in [0.25, 0.3) is 10.9 Å². The van der Waals surface area contributed by atoms with Gasteiger partial charge in [0, 0.05) is 29.4 Å². The summed E-state index contributed by atoms with van der Waals surface area (Å²) in [4.78, 5) is 55.0. The van der Waals surface area contributed by atoms with Gasteiger partial charge < -0.3 is 18.9 Å². The van der Waals surface area contributed by atoms with Gasteiger partial charge in [0.25, 0.3) is 0 Å². The number of nitrogens with zero attached hydrogens (tertiary/aromatic N) is 1. The van der Waals surface area contributed by atoms with Gasteiger partial charge in [-0.2, -0.15) is 0 Å². The first-order valence-electron chi connectivity index (χ1n) is 15.5. The lowest BCUT2D eigenvalue weighted by atomic mass is 9.98. The monoisotopic (exact) mass is 603 g/mol. The number of rotatable bonds is 17. The van der Waals surface area contributed by atoms with Crippen LogP contribution in [0.1, 0.15) is 97.5 Å². The van der Waals surface area contributed by atoms with Crippen molar-refractivity contribution in [2.24, 2.45) is 5.92 Å². The number of hydrogen-bond acceptors (Lipinski definition) is 9. The van der Waals surface area contributed by atoms with Crippen LogP contribution in [-0.4, -0.2) is 55.4 Å². The molecule has 0 bridgehead atoms. The fourth-order valence-corrected chi connectivity index (χ4v) is 5.23. The summed E-state index contributed by atoms with van der Waals surface area (Å²) >= 11 is 0. The number of Topliss-reactive ketones (excluding diaryl/α,β-unsaturated/α-hetero) is 2. The number of carbonyl (C=O) groups is 4. The second-order valence-corrected chi connectivity index (χ2v) is 11.0. The van der Waals surface area contributed by atoms with E-state index in [1.165, 1.54) is 7.11 Å². The first-order chi connectivity index (χ1) is 21.4. The molecular weight excluding hydrogens is 562 g/mol. The number of aromatic nitrogens is 1. The predicted molar refractivity (Wildman–Crippen MR) is 165 cm³/mol. The normalized spacial score (nSPS) is 14.8. The van der Waals surface area contributed by atoms with Gasteiger partial charge >= 0.3 is 11.9 Å². The van der Waals surface area contributed by atoms with Crippen molar-refractivity contribution in [2.45, 2.75) is 71.1 Å². The summed E-state index contributed by atoms with van der Waals surface area (Å²) in [5, 5.41) is 0.807. The van der Waals surface area contributed by atoms with Gasteiger partial charge in [-0.25, -0.2) is 4.98 Å². The topological polar surface area (TPSA) is 118 Å². The first kappa shape index (κ1) is 32.6. The standard InChI is InChI=1S/C35H41NO8/c1-4-6-10-23(5-2)22-44-31(38)14-9-20-43-29-12-7-11-24-15-18-28(36-33(24)29)32-34(39)26-17-16-25(21-27(26)35(32)40)42-19-8-13-30(37)41-3/h7,11-12,15-18,21,23,32H,4-6,8-10,13-14,19-20,22H2,1-3H3. The lowest BCUT2D eigenvalue weighted by Gasteiger charge is -2.14. The number of carbonyl (C=O) groups excluding carboxylic acids is 4. The highest BCUT2D eigenvalue weighted by Gasteiger charge is 2.41. The van der Waals surface area contributed by atoms with Crippen molar-refractivity contribution in [3.05, 3.63) is 65.4 Å². The van der Waals surface area contributed by atoms with Crippen LogP contribution >= 0.6 is 0 Å². The van der Waals surface area contributed by atoms with Crippen LogP contribution in [0.2, 0.25) is 0 Å². The largest absolute Gasteiger partial charge is 0.494 e. The molecule has 0 aliphatic heterocycles. The Labute approximate surface area is 258 Å². The molecule has 0 radical (unpaired) electrons. The molecule has 0 amide bonds. The fraction of sp³-hybridized carbons (Fsp3) is 0.457. The molecule has 9 nitrogen and oxygen atoms in total. The molecule has 1 aliphatic rings. The molecular formula is C35H41NO8. The number of ether oxygens (including phenoxy) is 4. The zero-order valence-corrected chi connectivity index (χ0v) is 25.8. The molecule has 2 aromatic carbocycles. The first-order valence-corrected chi connectivity index (χ1v) is 15.5. The van der Waals surface area contributed by atoms with Gasteiger partial charge in [-0.05, 0) is 55.5 Å². The van der Waals surface area contributed by atoms with Crippen LogP contribution in [-0.2, 0) is 19.1 Å². The third-order valence-electron chi connectivity index (χ3n) is 7.87. The van der Waals surface area contributed by atoms with Crippen molar-refractivity contribution in [2.75, 3.05) is 26.9 Å². The van der Waals surface area contributed by atoms with Crippen LogP contribution in [0.5, 0.6) is 11.5 Å². The lowest BCUT2D eigenvalue weighted by Crippen LogP contribution is -2.15. The van der Waals surface area contributed by atoms with E-state index in [9.17, 15) is 19.2 Å². The molecule has 2 unspecified atom stereocenters. The molecule has 2 atom stereocenters. The number of fused-ring (bicyclic) bond motifs is 2. The van der Waals surface area contributed by atoms with Crippen molar-refractivity contribution < 1.29 is 38.1 Å². The predicted octanol–water partition coefficient (Wildman–Crippen LogP) is 6.65. The number of unbranched alkanes of at least 4 members (excludes halogenated alkanes) is 1. The highest BCUT2D eigenvalue weighted by molar-refractivity contribution is 6.29. The Morgan fingerprint density at radius 2 is 1.61 bits per heavy atom. The van der Waals surface area contributed by atoms with Crippen LogP contribution in [0.15, 0.2) is 48.5 Å². The number of methoxy groups -OCH3 is 1. The van der Waals surface area contributed by atoms with Crippen molar-refractivity contribution in [3.8, 4) is 11.5 Å². The Hall–Kier alpha value is -4.27. The quantitative estimate of drug-likeness (QED) is 0.0949. The summed E-state index contributed by atoms with van der Waals surface area (Å²) in [6.45, 7) is 5.30. The number of esters is 2. The lowest BCUT2D eigenvalue weighted by molar-refractivity contribution is -0.145. The molecule has 0 saturated heterocycles. The van der Waals surface area contributed by atoms with E-state index in [0.717, 1.165) is 31.1 Å². The molecule has 44 heavy (non-hydrogen) atoms. The minimum absolute atomic E-state index is 0.227. The number of ketones is 2. The maximum absolute atomic E-state index is 13.4. The van der Waals surface area contributed by atoms with E-state index in [1.54, 1.807) is 30.3 Å². The van der Waals surface area contributed by atoms with Gasteiger partial charge in [0.1, 0.15) is 22.9 Å². The third kappa shape index (κ3) is 8.21. The highest BCUT2D eigenvalue weighted by Crippen LogP contribution is 2.36. The smallest absolute Gasteiger partial charge is 0.305 e. The minimum Gasteiger partial charge on any atom is -0.494 e. The number of pyridine rings is 1. The molecule has 4 rings (SSSR count). The summed E-state index contributed by atoms with van der Waals surface area (Å²) in [7, 11) is 1.33. The van der Waals surface area contributed by atoms with Gasteiger partial charge in [0.05, 0.1) is 32.6 Å². The summed E-state index contributed by atoms with van der Waals surface area (Å²) in [6, 6.07) is 13.9. The second-order valence-electron chi connectivity index (χ2n) is 11.0. The Bertz CT molecular complexity index is 1480. The van der Waals surface area contributed by atoms with Crippen molar-refractivity contribution >= 4 is 34.4 Å². The summed E-state index contributed by atoms with van der Waals surface area (Å²) in [5.41, 5.74) is 1.51. The van der Waals surface area contributed by atoms with Crippen LogP contribution in [0.4, 0.5) is 0 Å². The molecule has 0 saturated carbocycles. The third-order valence-corrected chi connectivity index (χ3v) is 7.87. The molecule has 234 valence electrons. The van der Waals surface area contributed by atoms with Crippen LogP contribution in [0, 0.1) is 5.92 Å². The van der Waals surface area contributed by atoms with E-state index in [0.29, 0.717) is 65.8 Å². The molecule has 1 heterocycles. The number of hydrogen-bond donors (Lipinski definition) is 0. The summed E-state index contributed by atoms with van der Waals surface area (Å²) in [5.74, 6) is -0.895. The van der Waals surface area contributed by atoms with Gasteiger partial charge in [0.15, 0.2) is 11.6 Å². The van der Waals surface area contributed by atoms with Crippen LogP contribution < -0.4 is 9.47 Å². The molecule has 3 aromatic rings. The molecule has 1 aromatic heterocycles. The molecule has 1 aliphatic carbocycles. The van der Waals surface area contributed by atoms with Gasteiger partial charge in [-0.3, -0.25) is 19.2 Å². The Morgan fingerprint density at radius 1 is 0.864 bits per heavy atom. The van der Waals surface area contributed by atoms with E-state index in [1.807, 2.05) is 18.2 Å². The average molecular weight is 604 g/mol. The summed E-state index contributed by atoms with van der Waals surface area (Å²) < 4.78 is 21.8. The van der Waals surface area contributed by atoms with Crippen LogP contribution in [0.3, 0.4) is 0 Å². The van der Waals surface area contributed by atoms with E-state index in [4.69, 9.17) is 19.2 Å². The van der Waals surface area contributed by atoms with Crippen molar-refractivity contribution in [1.82, 2.24) is 4.98 Å². The average Bonchev–Trinajstić information content (AvgIpc) is 3.29. The molecule has 0 N–H and O–H groups in total. The minimum atomic E-state index is -1.06. The van der Waals surface area contributed by atoms with E-state index in [2.05, 4.69) is 18.6 Å². The second kappa shape index (κ2) is 16.0. The van der Waals surface area contributed by atoms with E-state index < -0.39 is 5.92 Å². The number of benzene rings is 2. The highest BCUT2D eigenvalue weighted by atomic mass is 16.5. The van der Waals surface area contributed by atoms with Gasteiger partial charge in [-0.15, -0.1) is 0 Å². The Balaban J connectivity index is 1.37. The SMILES string of the molecule is CCCCC(CC)COC(=O)CCCOc1cccc2ccc(C3C(=O)c4ccc(OCCCC(=O)OC)cc4C3=O)nc12. The summed E-state index contributed by atoms with van der Waals surface area (Å²) in [6.07, 6.45) is 5.77. The van der Waals surface area contributed by atoms with Gasteiger partial charge in [-0.1, -0.05) is 51.3 Å². The Morgan fingerprint density at radius 3 is 2.36 bits per heavy atom. The maximum atomic E-state index is 13.4. The van der Waals surface area contributed by atoms with E-state index in [-0.39, 0.29) is 43.0 Å². The Kier molecular flexibility index (Phi) is 11.9.